The average molecular weight is 122 g/mol. The maximum Gasteiger partial charge on any atom is 0.0564 e. The second-order valence-corrected chi connectivity index (χ2v) is 2.26. The highest BCUT2D eigenvalue weighted by Gasteiger charge is 2.05. The molecule has 1 heteroatoms. The second-order valence-electron chi connectivity index (χ2n) is 2.26. The molecule has 0 aromatic heterocycles. The van der Waals surface area contributed by atoms with Gasteiger partial charge >= 0.3 is 0 Å². The van der Waals surface area contributed by atoms with E-state index in [2.05, 4.69) is 18.0 Å². The van der Waals surface area contributed by atoms with Gasteiger partial charge in [-0.15, -0.1) is 6.58 Å². The Hall–Kier alpha value is -0.590. The predicted octanol–water partition coefficient (Wildman–Crippen LogP) is 2.00. The van der Waals surface area contributed by atoms with Crippen LogP contribution in [-0.4, -0.2) is 12.3 Å². The maximum absolute atomic E-state index is 4.27. The molecule has 0 spiro atoms. The topological polar surface area (TPSA) is 12.4 Å². The third kappa shape index (κ3) is 2.00. The largest absolute Gasteiger partial charge is 0.294 e. The molecule has 0 bridgehead atoms. The lowest BCUT2D eigenvalue weighted by Crippen LogP contribution is -2.08. The molecule has 1 aliphatic rings. The Balaban J connectivity index is 2.31. The zero-order valence-electron chi connectivity index (χ0n) is 5.59. The molecule has 9 heavy (non-hydrogen) atoms. The highest BCUT2D eigenvalue weighted by molar-refractivity contribution is 5.58. The van der Waals surface area contributed by atoms with E-state index in [1.165, 1.54) is 12.8 Å². The van der Waals surface area contributed by atoms with Crippen molar-refractivity contribution in [1.82, 2.24) is 0 Å². The predicted molar refractivity (Wildman–Crippen MR) is 40.6 cm³/mol. The first-order valence-electron chi connectivity index (χ1n) is 3.41. The molecule has 0 saturated carbocycles. The Labute approximate surface area is 56.5 Å². The van der Waals surface area contributed by atoms with Crippen molar-refractivity contribution in [2.75, 3.05) is 0 Å². The summed E-state index contributed by atoms with van der Waals surface area (Å²) < 4.78 is 0. The van der Waals surface area contributed by atoms with Crippen LogP contribution in [0.2, 0.25) is 0 Å². The van der Waals surface area contributed by atoms with Crippen LogP contribution < -0.4 is 0 Å². The van der Waals surface area contributed by atoms with Crippen LogP contribution in [0.25, 0.3) is 0 Å². The molecule has 0 amide bonds. The summed E-state index contributed by atoms with van der Waals surface area (Å²) in [5, 5.41) is 0. The Bertz CT molecular complexity index is 116. The third-order valence-corrected chi connectivity index (χ3v) is 1.49. The molecule has 0 aliphatic carbocycles. The first kappa shape index (κ1) is 6.53. The summed E-state index contributed by atoms with van der Waals surface area (Å²) in [5.74, 6) is 0. The zero-order valence-corrected chi connectivity index (χ0v) is 5.59. The summed E-state index contributed by atoms with van der Waals surface area (Å²) >= 11 is 0. The van der Waals surface area contributed by atoms with Crippen molar-refractivity contribution in [2.45, 2.75) is 25.3 Å². The number of aliphatic imine (C=N–C) groups is 1. The first-order chi connectivity index (χ1) is 4.43. The molecule has 1 unspecified atom stereocenters. The average Bonchev–Trinajstić information content (AvgIpc) is 1.91. The molecule has 1 heterocycles. The minimum Gasteiger partial charge on any atom is -0.294 e. The molecule has 0 N–H and O–H groups in total. The van der Waals surface area contributed by atoms with Crippen molar-refractivity contribution in [3.63, 3.8) is 0 Å². The molecule has 0 fully saturated rings. The van der Waals surface area contributed by atoms with Crippen LogP contribution in [0.3, 0.4) is 0 Å². The van der Waals surface area contributed by atoms with Crippen LogP contribution in [-0.2, 0) is 0 Å². The van der Waals surface area contributed by atoms with Crippen molar-refractivity contribution in [2.24, 2.45) is 4.99 Å². The van der Waals surface area contributed by atoms with Gasteiger partial charge in [-0.3, -0.25) is 4.99 Å². The van der Waals surface area contributed by atoms with Crippen LogP contribution in [0.4, 0.5) is 0 Å². The van der Waals surface area contributed by atoms with Crippen LogP contribution >= 0.6 is 0 Å². The standard InChI is InChI=1S/C8H12N/c1-2-5-8-6-3-4-7-9-8/h2,5,7-8H,1,3-4,6H2. The number of hydrogen-bond acceptors (Lipinski definition) is 1. The van der Waals surface area contributed by atoms with Crippen LogP contribution in [0.15, 0.2) is 17.6 Å². The molecular weight excluding hydrogens is 110 g/mol. The van der Waals surface area contributed by atoms with Crippen molar-refractivity contribution >= 4 is 6.21 Å². The third-order valence-electron chi connectivity index (χ3n) is 1.49. The monoisotopic (exact) mass is 122 g/mol. The van der Waals surface area contributed by atoms with Gasteiger partial charge in [0.2, 0.25) is 0 Å². The number of rotatable bonds is 2. The molecular formula is C8H12N. The minimum absolute atomic E-state index is 0.427. The lowest BCUT2D eigenvalue weighted by Gasteiger charge is -2.12. The smallest absolute Gasteiger partial charge is 0.0564 e. The SMILES string of the molecule is C=C[CH]C1CCCC=N1. The lowest BCUT2D eigenvalue weighted by molar-refractivity contribution is 0.641. The van der Waals surface area contributed by atoms with Gasteiger partial charge in [-0.25, -0.2) is 0 Å². The number of nitrogens with zero attached hydrogens (tertiary/aromatic N) is 1. The van der Waals surface area contributed by atoms with Crippen LogP contribution in [0.5, 0.6) is 0 Å². The van der Waals surface area contributed by atoms with Gasteiger partial charge in [0.05, 0.1) is 6.04 Å². The molecule has 1 atom stereocenters. The van der Waals surface area contributed by atoms with Crippen LogP contribution in [0, 0.1) is 6.42 Å². The molecule has 0 aromatic rings. The van der Waals surface area contributed by atoms with Crippen molar-refractivity contribution in [1.29, 1.82) is 0 Å². The second kappa shape index (κ2) is 3.44. The minimum atomic E-state index is 0.427. The molecule has 1 rings (SSSR count). The fourth-order valence-corrected chi connectivity index (χ4v) is 1.01. The Kier molecular flexibility index (Phi) is 2.49. The van der Waals surface area contributed by atoms with Crippen molar-refractivity contribution in [3.05, 3.63) is 19.1 Å². The normalized spacial score (nSPS) is 26.0. The van der Waals surface area contributed by atoms with E-state index in [9.17, 15) is 0 Å². The van der Waals surface area contributed by atoms with E-state index in [0.717, 1.165) is 6.42 Å². The van der Waals surface area contributed by atoms with Gasteiger partial charge in [0, 0.05) is 6.42 Å². The van der Waals surface area contributed by atoms with E-state index >= 15 is 0 Å². The van der Waals surface area contributed by atoms with E-state index < -0.39 is 0 Å². The number of hydrogen-bond donors (Lipinski definition) is 0. The Morgan fingerprint density at radius 3 is 3.11 bits per heavy atom. The Morgan fingerprint density at radius 2 is 2.56 bits per heavy atom. The van der Waals surface area contributed by atoms with Gasteiger partial charge in [-0.1, -0.05) is 6.08 Å². The van der Waals surface area contributed by atoms with Gasteiger partial charge < -0.3 is 0 Å². The van der Waals surface area contributed by atoms with E-state index in [1.54, 1.807) is 0 Å². The summed E-state index contributed by atoms with van der Waals surface area (Å²) in [6, 6.07) is 0.427. The lowest BCUT2D eigenvalue weighted by atomic mass is 10.1. The maximum atomic E-state index is 4.27. The van der Waals surface area contributed by atoms with E-state index in [0.29, 0.717) is 6.04 Å². The van der Waals surface area contributed by atoms with Gasteiger partial charge in [0.25, 0.3) is 0 Å². The molecule has 0 aromatic carbocycles. The summed E-state index contributed by atoms with van der Waals surface area (Å²) in [5.41, 5.74) is 0. The van der Waals surface area contributed by atoms with E-state index in [4.69, 9.17) is 0 Å². The Morgan fingerprint density at radius 1 is 1.67 bits per heavy atom. The highest BCUT2D eigenvalue weighted by atomic mass is 14.8. The summed E-state index contributed by atoms with van der Waals surface area (Å²) in [4.78, 5) is 4.27. The fraction of sp³-hybridized carbons (Fsp3) is 0.500. The molecule has 1 aliphatic heterocycles. The van der Waals surface area contributed by atoms with Crippen LogP contribution in [0.1, 0.15) is 19.3 Å². The van der Waals surface area contributed by atoms with Gasteiger partial charge in [0.15, 0.2) is 0 Å². The zero-order chi connectivity index (χ0) is 6.53. The highest BCUT2D eigenvalue weighted by Crippen LogP contribution is 2.11. The van der Waals surface area contributed by atoms with Crippen molar-refractivity contribution in [3.8, 4) is 0 Å². The summed E-state index contributed by atoms with van der Waals surface area (Å²) in [6.07, 6.45) is 9.51. The quantitative estimate of drug-likeness (QED) is 0.531. The summed E-state index contributed by atoms with van der Waals surface area (Å²) in [6.45, 7) is 3.63. The van der Waals surface area contributed by atoms with E-state index in [-0.39, 0.29) is 0 Å². The van der Waals surface area contributed by atoms with E-state index in [1.807, 2.05) is 12.3 Å². The van der Waals surface area contributed by atoms with Crippen molar-refractivity contribution < 1.29 is 0 Å². The van der Waals surface area contributed by atoms with Gasteiger partial charge in [-0.05, 0) is 25.5 Å². The molecule has 1 nitrogen and oxygen atoms in total. The fourth-order valence-electron chi connectivity index (χ4n) is 1.01. The molecule has 0 saturated heterocycles. The van der Waals surface area contributed by atoms with Gasteiger partial charge in [-0.2, -0.15) is 0 Å². The molecule has 1 radical (unpaired) electrons. The van der Waals surface area contributed by atoms with Gasteiger partial charge in [0.1, 0.15) is 0 Å². The molecule has 49 valence electrons. The summed E-state index contributed by atoms with van der Waals surface area (Å²) in [7, 11) is 0. The first-order valence-corrected chi connectivity index (χ1v) is 3.41.